The summed E-state index contributed by atoms with van der Waals surface area (Å²) in [4.78, 5) is 28.8. The Morgan fingerprint density at radius 2 is 1.84 bits per heavy atom. The number of urea groups is 1. The molecule has 0 N–H and O–H groups in total. The Labute approximate surface area is 178 Å². The Kier molecular flexibility index (Phi) is 5.72. The van der Waals surface area contributed by atoms with Gasteiger partial charge in [-0.05, 0) is 31.4 Å². The third kappa shape index (κ3) is 4.15. The number of ether oxygens (including phenoxy) is 1. The van der Waals surface area contributed by atoms with E-state index in [0.29, 0.717) is 30.5 Å². The van der Waals surface area contributed by atoms with E-state index in [1.54, 1.807) is 4.90 Å². The highest BCUT2D eigenvalue weighted by Gasteiger charge is 2.52. The summed E-state index contributed by atoms with van der Waals surface area (Å²) in [6, 6.07) is 1.86. The molecule has 0 bridgehead atoms. The van der Waals surface area contributed by atoms with Crippen molar-refractivity contribution in [3.8, 4) is 5.88 Å². The van der Waals surface area contributed by atoms with Gasteiger partial charge in [-0.15, -0.1) is 0 Å². The maximum Gasteiger partial charge on any atom is 0.433 e. The third-order valence-electron chi connectivity index (χ3n) is 5.78. The average Bonchev–Trinajstić information content (AvgIpc) is 3.04. The molecule has 0 unspecified atom stereocenters. The number of aromatic nitrogens is 3. The van der Waals surface area contributed by atoms with Crippen molar-refractivity contribution in [2.75, 3.05) is 23.0 Å². The van der Waals surface area contributed by atoms with E-state index in [4.69, 9.17) is 4.74 Å². The minimum atomic E-state index is -4.53. The first kappa shape index (κ1) is 21.3. The minimum absolute atomic E-state index is 0.333. The molecule has 166 valence electrons. The zero-order valence-electron chi connectivity index (χ0n) is 17.2. The van der Waals surface area contributed by atoms with E-state index in [-0.39, 0.29) is 6.03 Å². The van der Waals surface area contributed by atoms with Crippen LogP contribution in [0.4, 0.5) is 29.5 Å². The summed E-state index contributed by atoms with van der Waals surface area (Å²) in [5, 5.41) is 0. The van der Waals surface area contributed by atoms with Crippen LogP contribution in [0.1, 0.15) is 51.1 Å². The number of carbonyl (C=O) groups excluding carboxylic acids is 1. The van der Waals surface area contributed by atoms with E-state index in [0.717, 1.165) is 50.8 Å². The fraction of sp³-hybridized carbons (Fsp3) is 0.524. The normalized spacial score (nSPS) is 18.6. The first-order chi connectivity index (χ1) is 14.8. The second-order valence-corrected chi connectivity index (χ2v) is 7.95. The van der Waals surface area contributed by atoms with E-state index < -0.39 is 17.4 Å². The number of carbonyl (C=O) groups is 1. The van der Waals surface area contributed by atoms with Crippen LogP contribution < -0.4 is 14.5 Å². The summed E-state index contributed by atoms with van der Waals surface area (Å²) in [6.45, 7) is 2.88. The molecule has 0 radical (unpaired) electrons. The van der Waals surface area contributed by atoms with Crippen LogP contribution in [-0.4, -0.2) is 39.7 Å². The number of amides is 2. The van der Waals surface area contributed by atoms with Crippen molar-refractivity contribution >= 4 is 17.5 Å². The molecule has 3 heterocycles. The number of hydrogen-bond donors (Lipinski definition) is 0. The number of anilines is 2. The molecular formula is C21H24F3N5O2. The Balaban J connectivity index is 1.64. The molecule has 1 aliphatic heterocycles. The molecule has 1 aliphatic carbocycles. The highest BCUT2D eigenvalue weighted by atomic mass is 19.4. The molecule has 0 atom stereocenters. The number of alkyl halides is 3. The maximum absolute atomic E-state index is 13.4. The molecule has 10 heteroatoms. The summed E-state index contributed by atoms with van der Waals surface area (Å²) in [7, 11) is 0. The number of halogens is 3. The van der Waals surface area contributed by atoms with Crippen molar-refractivity contribution in [3.63, 3.8) is 0 Å². The number of hydrogen-bond acceptors (Lipinski definition) is 5. The standard InChI is InChI=1S/C21H24F3N5O2/c1-2-10-31-18-13-26-17(12-27-18)29-19(30)28(14-20(29)8-4-3-5-9-20)15-6-7-16(25-11-15)21(22,23)24/h6-7,11-13H,2-5,8-10,14H2,1H3. The van der Waals surface area contributed by atoms with Crippen molar-refractivity contribution in [1.82, 2.24) is 15.0 Å². The van der Waals surface area contributed by atoms with Gasteiger partial charge in [0, 0.05) is 0 Å². The van der Waals surface area contributed by atoms with E-state index in [1.165, 1.54) is 23.4 Å². The van der Waals surface area contributed by atoms with Gasteiger partial charge in [0.1, 0.15) is 5.69 Å². The van der Waals surface area contributed by atoms with E-state index in [1.807, 2.05) is 6.92 Å². The van der Waals surface area contributed by atoms with E-state index in [9.17, 15) is 18.0 Å². The second kappa shape index (κ2) is 8.32. The fourth-order valence-corrected chi connectivity index (χ4v) is 4.31. The van der Waals surface area contributed by atoms with Gasteiger partial charge in [0.15, 0.2) is 5.82 Å². The number of rotatable bonds is 5. The molecule has 2 aliphatic rings. The summed E-state index contributed by atoms with van der Waals surface area (Å²) in [6.07, 6.45) is 5.04. The van der Waals surface area contributed by atoms with Gasteiger partial charge in [-0.1, -0.05) is 26.2 Å². The molecule has 31 heavy (non-hydrogen) atoms. The molecule has 2 fully saturated rings. The lowest BCUT2D eigenvalue weighted by Gasteiger charge is -2.39. The molecule has 1 saturated carbocycles. The van der Waals surface area contributed by atoms with Crippen molar-refractivity contribution < 1.29 is 22.7 Å². The molecule has 1 spiro atoms. The number of pyridine rings is 1. The lowest BCUT2D eigenvalue weighted by Crippen LogP contribution is -2.49. The predicted octanol–water partition coefficient (Wildman–Crippen LogP) is 4.83. The van der Waals surface area contributed by atoms with Crippen LogP contribution in [0.2, 0.25) is 0 Å². The van der Waals surface area contributed by atoms with E-state index in [2.05, 4.69) is 15.0 Å². The lowest BCUT2D eigenvalue weighted by atomic mass is 9.81. The molecule has 2 amide bonds. The zero-order chi connectivity index (χ0) is 22.1. The first-order valence-corrected chi connectivity index (χ1v) is 10.4. The Morgan fingerprint density at radius 3 is 2.42 bits per heavy atom. The monoisotopic (exact) mass is 435 g/mol. The van der Waals surface area contributed by atoms with Crippen LogP contribution >= 0.6 is 0 Å². The molecule has 0 aromatic carbocycles. The predicted molar refractivity (Wildman–Crippen MR) is 108 cm³/mol. The van der Waals surface area contributed by atoms with Gasteiger partial charge in [-0.25, -0.2) is 19.7 Å². The van der Waals surface area contributed by atoms with E-state index >= 15 is 0 Å². The van der Waals surface area contributed by atoms with Gasteiger partial charge in [-0.3, -0.25) is 9.80 Å². The summed E-state index contributed by atoms with van der Waals surface area (Å²) < 4.78 is 44.1. The Bertz CT molecular complexity index is 912. The molecule has 2 aromatic heterocycles. The molecule has 1 saturated heterocycles. The smallest absolute Gasteiger partial charge is 0.433 e. The SMILES string of the molecule is CCCOc1cnc(N2C(=O)N(c3ccc(C(F)(F)F)nc3)CC23CCCCC3)cn1. The summed E-state index contributed by atoms with van der Waals surface area (Å²) in [5.74, 6) is 0.803. The van der Waals surface area contributed by atoms with Crippen LogP contribution in [0, 0.1) is 0 Å². The van der Waals surface area contributed by atoms with Crippen LogP contribution in [0.25, 0.3) is 0 Å². The van der Waals surface area contributed by atoms with Gasteiger partial charge >= 0.3 is 12.2 Å². The molecule has 7 nitrogen and oxygen atoms in total. The van der Waals surface area contributed by atoms with Crippen LogP contribution in [0.5, 0.6) is 5.88 Å². The van der Waals surface area contributed by atoms with Gasteiger partial charge in [0.05, 0.1) is 43.0 Å². The first-order valence-electron chi connectivity index (χ1n) is 10.4. The zero-order valence-corrected chi connectivity index (χ0v) is 17.2. The van der Waals surface area contributed by atoms with Gasteiger partial charge < -0.3 is 4.74 Å². The lowest BCUT2D eigenvalue weighted by molar-refractivity contribution is -0.141. The molecule has 2 aromatic rings. The highest BCUT2D eigenvalue weighted by Crippen LogP contribution is 2.43. The van der Waals surface area contributed by atoms with Gasteiger partial charge in [-0.2, -0.15) is 13.2 Å². The highest BCUT2D eigenvalue weighted by molar-refractivity contribution is 6.07. The Morgan fingerprint density at radius 1 is 1.06 bits per heavy atom. The van der Waals surface area contributed by atoms with Crippen molar-refractivity contribution in [2.24, 2.45) is 0 Å². The maximum atomic E-state index is 13.4. The van der Waals surface area contributed by atoms with Gasteiger partial charge in [0.25, 0.3) is 0 Å². The van der Waals surface area contributed by atoms with Crippen molar-refractivity contribution in [3.05, 3.63) is 36.4 Å². The van der Waals surface area contributed by atoms with Gasteiger partial charge in [0.2, 0.25) is 5.88 Å². The summed E-state index contributed by atoms with van der Waals surface area (Å²) in [5.41, 5.74) is -1.12. The fourth-order valence-electron chi connectivity index (χ4n) is 4.31. The topological polar surface area (TPSA) is 71.5 Å². The second-order valence-electron chi connectivity index (χ2n) is 7.95. The number of nitrogens with zero attached hydrogens (tertiary/aromatic N) is 5. The molecular weight excluding hydrogens is 411 g/mol. The van der Waals surface area contributed by atoms with Crippen LogP contribution in [-0.2, 0) is 6.18 Å². The average molecular weight is 435 g/mol. The van der Waals surface area contributed by atoms with Crippen LogP contribution in [0.3, 0.4) is 0 Å². The van der Waals surface area contributed by atoms with Crippen LogP contribution in [0.15, 0.2) is 30.7 Å². The van der Waals surface area contributed by atoms with Crippen molar-refractivity contribution in [2.45, 2.75) is 57.2 Å². The Hall–Kier alpha value is -2.91. The minimum Gasteiger partial charge on any atom is -0.477 e. The summed E-state index contributed by atoms with van der Waals surface area (Å²) >= 11 is 0. The largest absolute Gasteiger partial charge is 0.477 e. The quantitative estimate of drug-likeness (QED) is 0.673. The van der Waals surface area contributed by atoms with Crippen molar-refractivity contribution in [1.29, 1.82) is 0 Å². The molecule has 4 rings (SSSR count). The third-order valence-corrected chi connectivity index (χ3v) is 5.78.